The van der Waals surface area contributed by atoms with E-state index in [1.165, 1.54) is 34.3 Å². The van der Waals surface area contributed by atoms with Gasteiger partial charge < -0.3 is 122 Å². The number of nitrogens with two attached hydrogens (primary N) is 2. The highest BCUT2D eigenvalue weighted by molar-refractivity contribution is 8.00. The first kappa shape index (κ1) is 98.7. The van der Waals surface area contributed by atoms with Gasteiger partial charge in [0.1, 0.15) is 36.7 Å². The largest absolute Gasteiger partial charge is 0.493 e. The van der Waals surface area contributed by atoms with Crippen molar-refractivity contribution in [1.82, 2.24) is 87.9 Å². The number of hydrogen-bond donors (Lipinski definition) is 14. The SMILES string of the molecule is COC(=O)c1cc2c([nH]1)C(=O)C=C1N(C(=O)c3cc4cc(OC)c(OCCNC(=O)[C@@H](NC(=O)[C@H](C)NC(=O)OCCOCCOCCn5cc(CCC(=O)NCCOCCOCCN(CC(=O)NCCCCNC(=O)CCCC[C@@H]6SC[C@@H]7NC(N)=N[C@@H]76)CC(=O)NCCCCNC(=O)CCCC[C@@H]6SC[C@@H]7NC(N)=N[C@@H]76)nn5)C(C)C)c(OC)c4[nH]3)CC[C@@]12C. The van der Waals surface area contributed by atoms with E-state index in [1.54, 1.807) is 52.7 Å². The van der Waals surface area contributed by atoms with Crippen molar-refractivity contribution < 1.29 is 95.4 Å². The number of hydrogen-bond acceptors (Lipinski definition) is 31. The number of nitrogens with one attached hydrogen (secondary N) is 12. The van der Waals surface area contributed by atoms with Gasteiger partial charge in [0.25, 0.3) is 5.91 Å². The number of guanidine groups is 2. The number of likely N-dealkylation sites (tertiary alicyclic amines) is 1. The van der Waals surface area contributed by atoms with Crippen LogP contribution in [0.5, 0.6) is 17.2 Å². The molecule has 4 aromatic rings. The van der Waals surface area contributed by atoms with Crippen molar-refractivity contribution in [1.29, 1.82) is 0 Å². The van der Waals surface area contributed by atoms with Crippen LogP contribution in [0.2, 0.25) is 0 Å². The number of aromatic nitrogens is 5. The van der Waals surface area contributed by atoms with E-state index in [1.807, 2.05) is 30.4 Å². The molecule has 0 spiro atoms. The van der Waals surface area contributed by atoms with Gasteiger partial charge in [-0.15, -0.1) is 5.10 Å². The van der Waals surface area contributed by atoms with Gasteiger partial charge in [0.05, 0.1) is 141 Å². The third kappa shape index (κ3) is 29.5. The maximum atomic E-state index is 14.3. The number of rotatable bonds is 58. The summed E-state index contributed by atoms with van der Waals surface area (Å²) in [4.78, 5) is 162. The second-order valence-electron chi connectivity index (χ2n) is 32.4. The van der Waals surface area contributed by atoms with Gasteiger partial charge in [-0.05, 0) is 101 Å². The average Bonchev–Trinajstić information content (AvgIpc) is 1.57. The number of H-pyrrole nitrogens is 2. The van der Waals surface area contributed by atoms with Crippen molar-refractivity contribution in [2.24, 2.45) is 27.4 Å². The molecule has 43 heteroatoms. The number of aromatic amines is 2. The maximum absolute atomic E-state index is 14.3. The first-order valence-corrected chi connectivity index (χ1v) is 45.9. The van der Waals surface area contributed by atoms with E-state index in [0.717, 1.165) is 50.0 Å². The second-order valence-corrected chi connectivity index (χ2v) is 34.9. The normalized spacial score (nSPS) is 19.3. The molecule has 16 N–H and O–H groups in total. The molecule has 41 nitrogen and oxygen atoms in total. The van der Waals surface area contributed by atoms with Gasteiger partial charge in [-0.2, -0.15) is 23.5 Å². The van der Waals surface area contributed by atoms with Gasteiger partial charge in [0, 0.05) is 122 Å². The Labute approximate surface area is 747 Å². The number of aryl methyl sites for hydroxylation is 1. The topological polar surface area (TPSA) is 537 Å². The zero-order chi connectivity index (χ0) is 90.8. The van der Waals surface area contributed by atoms with Gasteiger partial charge >= 0.3 is 12.1 Å². The van der Waals surface area contributed by atoms with Crippen molar-refractivity contribution in [3.63, 3.8) is 0 Å². The van der Waals surface area contributed by atoms with E-state index in [-0.39, 0.29) is 180 Å². The summed E-state index contributed by atoms with van der Waals surface area (Å²) in [5.74, 6) is 0.191. The molecule has 10 rings (SSSR count). The summed E-state index contributed by atoms with van der Waals surface area (Å²) < 4.78 is 52.0. The van der Waals surface area contributed by atoms with E-state index < -0.39 is 47.3 Å². The fraction of sp³-hybridized carbons (Fsp3) is 0.655. The molecule has 6 aliphatic rings. The van der Waals surface area contributed by atoms with E-state index in [2.05, 4.69) is 83.4 Å². The number of unbranched alkanes of at least 4 members (excludes halogenated alkanes) is 4. The van der Waals surface area contributed by atoms with Gasteiger partial charge in [0.2, 0.25) is 52.9 Å². The maximum Gasteiger partial charge on any atom is 0.407 e. The van der Waals surface area contributed by atoms with Crippen LogP contribution in [0.3, 0.4) is 0 Å². The Kier molecular flexibility index (Phi) is 39.1. The number of benzene rings is 1. The summed E-state index contributed by atoms with van der Waals surface area (Å²) in [7, 11) is 4.13. The number of alkyl carbamates (subject to hydrolysis) is 1. The monoisotopic (exact) mass is 1810 g/mol. The minimum Gasteiger partial charge on any atom is -0.493 e. The standard InChI is InChI=1S/C84H127N21O20S2/c1-51(2)70(78(113)92-28-33-124-75-61(117-5)43-53-42-56(94-71(53)76(75)118-6)79(114)105-29-22-84(4)55-44-57(80(115)119-7)95-72(55)60(106)45-64(84)105)98-77(112)52(3)93-83(116)125-41-40-123-39-38-122-35-31-104-46-54(101-102-104)20-21-67(109)91-27-32-120-36-37-121-34-30-103(47-68(110)89-25-14-12-23-87-65(107)18-10-8-16-62-73-58(49-126-62)96-81(85)99-73)48-69(111)90-26-15-13-24-88-66(108)19-11-9-17-63-74-59(50-127-63)97-82(86)100-74/h42-46,51-52,58-59,62-63,70,73-74,94-95H,8-41,47-50H2,1-7H3,(H,87,107)(H,88,108)(H,89,110)(H,90,111)(H,91,109)(H,92,113)(H,93,116)(H,98,112)(H3,85,96,99)(H3,86,97,100)/t52-,58-,59-,62-,63-,70-,73-,74-,84+/m0/s1. The number of amides is 9. The number of aliphatic imine (C=N–C) groups is 2. The fourth-order valence-electron chi connectivity index (χ4n) is 15.8. The number of ketones is 1. The molecule has 3 saturated heterocycles. The average molecular weight is 1820 g/mol. The molecule has 700 valence electrons. The summed E-state index contributed by atoms with van der Waals surface area (Å²) in [5.41, 5.74) is 13.8. The lowest BCUT2D eigenvalue weighted by atomic mass is 9.75. The number of methoxy groups -OCH3 is 3. The van der Waals surface area contributed by atoms with Crippen LogP contribution in [0, 0.1) is 5.92 Å². The summed E-state index contributed by atoms with van der Waals surface area (Å²) in [6.45, 7) is 11.5. The van der Waals surface area contributed by atoms with E-state index in [9.17, 15) is 52.7 Å². The molecule has 0 bridgehead atoms. The first-order valence-electron chi connectivity index (χ1n) is 43.8. The van der Waals surface area contributed by atoms with Gasteiger partial charge in [-0.3, -0.25) is 48.1 Å². The van der Waals surface area contributed by atoms with E-state index >= 15 is 0 Å². The Balaban J connectivity index is 0.528. The summed E-state index contributed by atoms with van der Waals surface area (Å²) in [5, 5.41) is 38.8. The number of thioether (sulfide) groups is 2. The van der Waals surface area contributed by atoms with Crippen molar-refractivity contribution in [3.8, 4) is 17.2 Å². The number of nitrogens with zero attached hydrogens (tertiary/aromatic N) is 7. The van der Waals surface area contributed by atoms with E-state index in [4.69, 9.17) is 54.1 Å². The third-order valence-corrected chi connectivity index (χ3v) is 25.6. The Morgan fingerprint density at radius 2 is 1.19 bits per heavy atom. The first-order chi connectivity index (χ1) is 61.3. The number of ether oxygens (including phenoxy) is 9. The quantitative estimate of drug-likeness (QED) is 0.0219. The third-order valence-electron chi connectivity index (χ3n) is 22.6. The predicted molar refractivity (Wildman–Crippen MR) is 474 cm³/mol. The minimum atomic E-state index is -1.08. The Bertz CT molecular complexity index is 4390. The molecule has 8 heterocycles. The van der Waals surface area contributed by atoms with Crippen LogP contribution in [0.15, 0.2) is 46.2 Å². The van der Waals surface area contributed by atoms with Crippen LogP contribution in [-0.2, 0) is 80.4 Å². The zero-order valence-electron chi connectivity index (χ0n) is 73.7. The highest BCUT2D eigenvalue weighted by atomic mass is 32.2. The molecular formula is C84H127N21O20S2. The summed E-state index contributed by atoms with van der Waals surface area (Å²) in [6, 6.07) is 3.91. The van der Waals surface area contributed by atoms with Crippen molar-refractivity contribution in [2.75, 3.05) is 164 Å². The predicted octanol–water partition coefficient (Wildman–Crippen LogP) is 1.33. The van der Waals surface area contributed by atoms with Crippen LogP contribution in [-0.4, -0.2) is 323 Å². The van der Waals surface area contributed by atoms with Gasteiger partial charge in [-0.25, -0.2) is 24.3 Å². The molecule has 0 saturated carbocycles. The van der Waals surface area contributed by atoms with Crippen LogP contribution >= 0.6 is 23.5 Å². The Morgan fingerprint density at radius 1 is 0.614 bits per heavy atom. The van der Waals surface area contributed by atoms with Gasteiger partial charge in [0.15, 0.2) is 23.4 Å². The molecule has 0 unspecified atom stereocenters. The number of fused-ring (bicyclic) bond motifs is 6. The number of allylic oxidation sites excluding steroid dienone is 2. The lowest BCUT2D eigenvalue weighted by Gasteiger charge is -2.31. The zero-order valence-corrected chi connectivity index (χ0v) is 75.4. The Hall–Kier alpha value is -10.5. The van der Waals surface area contributed by atoms with Crippen molar-refractivity contribution >= 4 is 111 Å². The Morgan fingerprint density at radius 3 is 1.80 bits per heavy atom. The molecule has 0 radical (unpaired) electrons. The highest BCUT2D eigenvalue weighted by Crippen LogP contribution is 2.49. The van der Waals surface area contributed by atoms with E-state index in [0.29, 0.717) is 166 Å². The molecule has 1 aliphatic carbocycles. The number of carbonyl (C=O) groups is 11. The molecule has 1 aromatic carbocycles. The van der Waals surface area contributed by atoms with Crippen LogP contribution in [0.4, 0.5) is 4.79 Å². The van der Waals surface area contributed by atoms with Crippen LogP contribution in [0.1, 0.15) is 160 Å². The minimum absolute atomic E-state index is 0.00818. The van der Waals surface area contributed by atoms with Crippen LogP contribution in [0.25, 0.3) is 10.9 Å². The molecule has 127 heavy (non-hydrogen) atoms. The molecule has 9 amide bonds. The van der Waals surface area contributed by atoms with Crippen molar-refractivity contribution in [3.05, 3.63) is 64.5 Å². The van der Waals surface area contributed by atoms with Crippen LogP contribution < -0.4 is 78.8 Å². The summed E-state index contributed by atoms with van der Waals surface area (Å²) >= 11 is 3.83. The smallest absolute Gasteiger partial charge is 0.407 e. The number of esters is 1. The van der Waals surface area contributed by atoms with Gasteiger partial charge in [-0.1, -0.05) is 31.9 Å². The number of carbonyl (C=O) groups excluding carboxylic acids is 11. The molecule has 9 atom stereocenters. The lowest BCUT2D eigenvalue weighted by molar-refractivity contribution is -0.130. The molecule has 3 fully saturated rings. The summed E-state index contributed by atoms with van der Waals surface area (Å²) in [6.07, 6.45) is 12.4. The highest BCUT2D eigenvalue weighted by Gasteiger charge is 2.49. The molecular weight excluding hydrogens is 1690 g/mol. The van der Waals surface area contributed by atoms with Crippen molar-refractivity contribution in [2.45, 2.75) is 183 Å². The fourth-order valence-corrected chi connectivity index (χ4v) is 18.8. The lowest BCUT2D eigenvalue weighted by Crippen LogP contribution is -2.55. The second kappa shape index (κ2) is 50.3. The molecule has 5 aliphatic heterocycles. The molecule has 3 aromatic heterocycles.